The second-order valence-electron chi connectivity index (χ2n) is 6.29. The van der Waals surface area contributed by atoms with E-state index in [2.05, 4.69) is 10.3 Å². The zero-order valence-corrected chi connectivity index (χ0v) is 13.9. The standard InChI is InChI=1S/C20H17N3O3/c24-18-10-13(12-23(18)14-6-2-1-3-7-14)22-20(26)16-11-21-17-9-5-4-8-15(17)19(16)25/h1-9,11,13H,10,12H2,(H,21,25)(H,22,26)/t13-/m0/s1. The van der Waals surface area contributed by atoms with E-state index >= 15 is 0 Å². The highest BCUT2D eigenvalue weighted by molar-refractivity contribution is 6.00. The Balaban J connectivity index is 1.53. The number of amides is 2. The number of hydrogen-bond donors (Lipinski definition) is 2. The lowest BCUT2D eigenvalue weighted by atomic mass is 10.1. The Labute approximate surface area is 149 Å². The fraction of sp³-hybridized carbons (Fsp3) is 0.150. The SMILES string of the molecule is O=C(N[C@H]1CC(=O)N(c2ccccc2)C1)c1c[nH]c2ccccc2c1=O. The van der Waals surface area contributed by atoms with Crippen molar-refractivity contribution in [2.75, 3.05) is 11.4 Å². The number of carbonyl (C=O) groups excluding carboxylic acids is 2. The van der Waals surface area contributed by atoms with Crippen LogP contribution >= 0.6 is 0 Å². The van der Waals surface area contributed by atoms with Gasteiger partial charge < -0.3 is 15.2 Å². The predicted octanol–water partition coefficient (Wildman–Crippen LogP) is 2.06. The summed E-state index contributed by atoms with van der Waals surface area (Å²) in [5.74, 6) is -0.515. The molecule has 1 aromatic heterocycles. The van der Waals surface area contributed by atoms with Crippen LogP contribution in [0.4, 0.5) is 5.69 Å². The van der Waals surface area contributed by atoms with E-state index in [0.717, 1.165) is 5.69 Å². The number of aromatic amines is 1. The van der Waals surface area contributed by atoms with Crippen LogP contribution in [0.25, 0.3) is 10.9 Å². The third kappa shape index (κ3) is 2.86. The van der Waals surface area contributed by atoms with Gasteiger partial charge in [-0.25, -0.2) is 0 Å². The van der Waals surface area contributed by atoms with E-state index in [1.54, 1.807) is 23.1 Å². The zero-order valence-electron chi connectivity index (χ0n) is 13.9. The van der Waals surface area contributed by atoms with Gasteiger partial charge in [0.15, 0.2) is 0 Å². The summed E-state index contributed by atoms with van der Waals surface area (Å²) in [5.41, 5.74) is 1.22. The van der Waals surface area contributed by atoms with Crippen molar-refractivity contribution >= 4 is 28.4 Å². The van der Waals surface area contributed by atoms with E-state index in [0.29, 0.717) is 17.4 Å². The molecule has 1 atom stereocenters. The molecule has 6 nitrogen and oxygen atoms in total. The Morgan fingerprint density at radius 3 is 2.58 bits per heavy atom. The molecule has 0 saturated carbocycles. The van der Waals surface area contributed by atoms with Crippen molar-refractivity contribution in [3.63, 3.8) is 0 Å². The Kier molecular flexibility index (Phi) is 4.01. The topological polar surface area (TPSA) is 82.3 Å². The lowest BCUT2D eigenvalue weighted by Gasteiger charge is -2.17. The molecule has 6 heteroatoms. The first-order valence-corrected chi connectivity index (χ1v) is 8.40. The molecule has 0 spiro atoms. The largest absolute Gasteiger partial charge is 0.360 e. The number of anilines is 1. The summed E-state index contributed by atoms with van der Waals surface area (Å²) in [7, 11) is 0. The van der Waals surface area contributed by atoms with Gasteiger partial charge in [0.05, 0.1) is 6.04 Å². The Bertz CT molecular complexity index is 1040. The number of nitrogens with one attached hydrogen (secondary N) is 2. The number of aromatic nitrogens is 1. The maximum absolute atomic E-state index is 12.6. The number of H-pyrrole nitrogens is 1. The first-order chi connectivity index (χ1) is 12.6. The van der Waals surface area contributed by atoms with Crippen molar-refractivity contribution in [2.24, 2.45) is 0 Å². The van der Waals surface area contributed by atoms with E-state index in [9.17, 15) is 14.4 Å². The molecule has 0 aliphatic carbocycles. The van der Waals surface area contributed by atoms with Crippen molar-refractivity contribution in [3.8, 4) is 0 Å². The number of para-hydroxylation sites is 2. The van der Waals surface area contributed by atoms with Crippen LogP contribution < -0.4 is 15.6 Å². The molecule has 1 saturated heterocycles. The van der Waals surface area contributed by atoms with Gasteiger partial charge in [-0.15, -0.1) is 0 Å². The van der Waals surface area contributed by atoms with Crippen molar-refractivity contribution in [1.29, 1.82) is 0 Å². The number of benzene rings is 2. The Morgan fingerprint density at radius 2 is 1.77 bits per heavy atom. The van der Waals surface area contributed by atoms with Gasteiger partial charge in [-0.3, -0.25) is 14.4 Å². The number of nitrogens with zero attached hydrogens (tertiary/aromatic N) is 1. The molecule has 2 N–H and O–H groups in total. The molecular weight excluding hydrogens is 330 g/mol. The van der Waals surface area contributed by atoms with Gasteiger partial charge in [0.2, 0.25) is 11.3 Å². The molecule has 4 rings (SSSR count). The van der Waals surface area contributed by atoms with Crippen LogP contribution in [-0.4, -0.2) is 29.4 Å². The van der Waals surface area contributed by atoms with E-state index in [1.807, 2.05) is 36.4 Å². The molecule has 0 radical (unpaired) electrons. The fourth-order valence-electron chi connectivity index (χ4n) is 3.26. The average Bonchev–Trinajstić information content (AvgIpc) is 3.03. The van der Waals surface area contributed by atoms with Crippen LogP contribution in [-0.2, 0) is 4.79 Å². The molecule has 1 aliphatic rings. The fourth-order valence-corrected chi connectivity index (χ4v) is 3.26. The number of pyridine rings is 1. The lowest BCUT2D eigenvalue weighted by Crippen LogP contribution is -2.39. The maximum Gasteiger partial charge on any atom is 0.257 e. The second-order valence-corrected chi connectivity index (χ2v) is 6.29. The number of hydrogen-bond acceptors (Lipinski definition) is 3. The van der Waals surface area contributed by atoms with Gasteiger partial charge in [-0.05, 0) is 24.3 Å². The molecule has 26 heavy (non-hydrogen) atoms. The van der Waals surface area contributed by atoms with E-state index in [1.165, 1.54) is 6.20 Å². The third-order valence-electron chi connectivity index (χ3n) is 4.56. The molecule has 2 amide bonds. The molecule has 0 unspecified atom stereocenters. The summed E-state index contributed by atoms with van der Waals surface area (Å²) in [6, 6.07) is 16.0. The van der Waals surface area contributed by atoms with Gasteiger partial charge in [0, 0.05) is 35.8 Å². The lowest BCUT2D eigenvalue weighted by molar-refractivity contribution is -0.117. The van der Waals surface area contributed by atoms with E-state index < -0.39 is 5.91 Å². The monoisotopic (exact) mass is 347 g/mol. The normalized spacial score (nSPS) is 16.8. The highest BCUT2D eigenvalue weighted by Crippen LogP contribution is 2.21. The molecule has 3 aromatic rings. The van der Waals surface area contributed by atoms with Crippen molar-refractivity contribution < 1.29 is 9.59 Å². The Hall–Kier alpha value is -3.41. The first kappa shape index (κ1) is 16.1. The minimum absolute atomic E-state index is 0.0473. The van der Waals surface area contributed by atoms with E-state index in [4.69, 9.17) is 0 Å². The molecule has 0 bridgehead atoms. The van der Waals surface area contributed by atoms with Gasteiger partial charge in [0.25, 0.3) is 5.91 Å². The highest BCUT2D eigenvalue weighted by atomic mass is 16.2. The molecule has 1 fully saturated rings. The van der Waals surface area contributed by atoms with Crippen LogP contribution in [0.5, 0.6) is 0 Å². The predicted molar refractivity (Wildman–Crippen MR) is 99.2 cm³/mol. The minimum atomic E-state index is -0.468. The summed E-state index contributed by atoms with van der Waals surface area (Å²) < 4.78 is 0. The van der Waals surface area contributed by atoms with Crippen molar-refractivity contribution in [3.05, 3.63) is 76.6 Å². The molecule has 2 heterocycles. The van der Waals surface area contributed by atoms with Crippen LogP contribution in [0, 0.1) is 0 Å². The number of rotatable bonds is 3. The van der Waals surface area contributed by atoms with Gasteiger partial charge in [-0.1, -0.05) is 30.3 Å². The number of carbonyl (C=O) groups is 2. The summed E-state index contributed by atoms with van der Waals surface area (Å²) in [5, 5.41) is 3.28. The highest BCUT2D eigenvalue weighted by Gasteiger charge is 2.32. The Morgan fingerprint density at radius 1 is 1.04 bits per heavy atom. The van der Waals surface area contributed by atoms with Crippen molar-refractivity contribution in [2.45, 2.75) is 12.5 Å². The smallest absolute Gasteiger partial charge is 0.257 e. The molecule has 2 aromatic carbocycles. The van der Waals surface area contributed by atoms with Crippen molar-refractivity contribution in [1.82, 2.24) is 10.3 Å². The van der Waals surface area contributed by atoms with Gasteiger partial charge in [0.1, 0.15) is 5.56 Å². The van der Waals surface area contributed by atoms with Crippen LogP contribution in [0.2, 0.25) is 0 Å². The summed E-state index contributed by atoms with van der Waals surface area (Å²) in [4.78, 5) is 42.0. The number of fused-ring (bicyclic) bond motifs is 1. The quantitative estimate of drug-likeness (QED) is 0.761. The average molecular weight is 347 g/mol. The second kappa shape index (κ2) is 6.48. The third-order valence-corrected chi connectivity index (χ3v) is 4.56. The summed E-state index contributed by atoms with van der Waals surface area (Å²) in [6.07, 6.45) is 1.64. The van der Waals surface area contributed by atoms with Crippen LogP contribution in [0.15, 0.2) is 65.6 Å². The van der Waals surface area contributed by atoms with Gasteiger partial charge >= 0.3 is 0 Å². The van der Waals surface area contributed by atoms with Gasteiger partial charge in [-0.2, -0.15) is 0 Å². The zero-order chi connectivity index (χ0) is 18.1. The van der Waals surface area contributed by atoms with Crippen LogP contribution in [0.1, 0.15) is 16.8 Å². The summed E-state index contributed by atoms with van der Waals surface area (Å²) >= 11 is 0. The summed E-state index contributed by atoms with van der Waals surface area (Å²) in [6.45, 7) is 0.389. The molecule has 1 aliphatic heterocycles. The minimum Gasteiger partial charge on any atom is -0.360 e. The maximum atomic E-state index is 12.6. The van der Waals surface area contributed by atoms with E-state index in [-0.39, 0.29) is 29.4 Å². The first-order valence-electron chi connectivity index (χ1n) is 8.40. The van der Waals surface area contributed by atoms with Crippen LogP contribution in [0.3, 0.4) is 0 Å². The molecular formula is C20H17N3O3. The molecule has 130 valence electrons.